The van der Waals surface area contributed by atoms with Crippen LogP contribution in [0.4, 0.5) is 4.39 Å². The fraction of sp³-hybridized carbons (Fsp3) is 0.150. The lowest BCUT2D eigenvalue weighted by atomic mass is 10.1. The molecule has 6 heteroatoms. The van der Waals surface area contributed by atoms with Gasteiger partial charge in [-0.15, -0.1) is 0 Å². The molecule has 4 nitrogen and oxygen atoms in total. The summed E-state index contributed by atoms with van der Waals surface area (Å²) in [5.41, 5.74) is 1.65. The molecule has 0 spiro atoms. The van der Waals surface area contributed by atoms with Crippen molar-refractivity contribution >= 4 is 34.5 Å². The zero-order chi connectivity index (χ0) is 18.7. The molecule has 0 N–H and O–H groups in total. The molecule has 0 atom stereocenters. The molecule has 3 aromatic rings. The Bertz CT molecular complexity index is 994. The summed E-state index contributed by atoms with van der Waals surface area (Å²) in [6, 6.07) is 9.73. The minimum absolute atomic E-state index is 0.0751. The van der Waals surface area contributed by atoms with Gasteiger partial charge in [0, 0.05) is 35.3 Å². The highest BCUT2D eigenvalue weighted by Gasteiger charge is 2.13. The van der Waals surface area contributed by atoms with Gasteiger partial charge in [-0.1, -0.05) is 17.7 Å². The number of nitrogens with zero attached hydrogens (tertiary/aromatic N) is 1. The molecule has 0 bridgehead atoms. The van der Waals surface area contributed by atoms with Crippen molar-refractivity contribution < 1.29 is 18.7 Å². The van der Waals surface area contributed by atoms with Gasteiger partial charge in [0.05, 0.1) is 12.1 Å². The van der Waals surface area contributed by atoms with E-state index in [2.05, 4.69) is 0 Å². The van der Waals surface area contributed by atoms with Crippen LogP contribution < -0.4 is 4.74 Å². The summed E-state index contributed by atoms with van der Waals surface area (Å²) in [6.07, 6.45) is 4.88. The van der Waals surface area contributed by atoms with E-state index in [9.17, 15) is 9.18 Å². The number of halogens is 2. The zero-order valence-corrected chi connectivity index (χ0v) is 15.1. The molecule has 134 valence electrons. The average molecular weight is 374 g/mol. The molecular formula is C20H17ClFNO3. The normalized spacial score (nSPS) is 11.2. The Balaban J connectivity index is 2.04. The molecule has 26 heavy (non-hydrogen) atoms. The van der Waals surface area contributed by atoms with E-state index >= 15 is 0 Å². The van der Waals surface area contributed by atoms with Crippen LogP contribution in [0, 0.1) is 5.82 Å². The van der Waals surface area contributed by atoms with Gasteiger partial charge in [0.15, 0.2) is 11.6 Å². The maximum absolute atomic E-state index is 14.1. The third-order valence-electron chi connectivity index (χ3n) is 3.81. The Morgan fingerprint density at radius 3 is 2.81 bits per heavy atom. The number of carbonyl (C=O) groups is 1. The van der Waals surface area contributed by atoms with Crippen LogP contribution in [0.3, 0.4) is 0 Å². The quantitative estimate of drug-likeness (QED) is 0.447. The standard InChI is InChI=1S/C20H17ClFNO3/c1-3-25-19(24)10-7-13-12-23(2)16-5-4-6-18(20(13)16)26-17-9-8-14(21)11-15(17)22/h4-12H,3H2,1-2H3/b10-7+. The SMILES string of the molecule is CCOC(=O)/C=C/c1cn(C)c2cccc(Oc3ccc(Cl)cc3F)c12. The van der Waals surface area contributed by atoms with E-state index in [1.54, 1.807) is 25.1 Å². The number of aromatic nitrogens is 1. The summed E-state index contributed by atoms with van der Waals surface area (Å²) in [4.78, 5) is 11.6. The average Bonchev–Trinajstić information content (AvgIpc) is 2.93. The highest BCUT2D eigenvalue weighted by molar-refractivity contribution is 6.30. The predicted molar refractivity (Wildman–Crippen MR) is 100 cm³/mol. The van der Waals surface area contributed by atoms with E-state index in [1.165, 1.54) is 18.2 Å². The number of ether oxygens (including phenoxy) is 2. The smallest absolute Gasteiger partial charge is 0.330 e. The second kappa shape index (κ2) is 7.62. The van der Waals surface area contributed by atoms with Gasteiger partial charge < -0.3 is 14.0 Å². The van der Waals surface area contributed by atoms with Crippen molar-refractivity contribution in [3.05, 3.63) is 65.1 Å². The van der Waals surface area contributed by atoms with Crippen LogP contribution in [-0.4, -0.2) is 17.1 Å². The molecule has 1 aromatic heterocycles. The van der Waals surface area contributed by atoms with Crippen LogP contribution in [0.2, 0.25) is 5.02 Å². The maximum Gasteiger partial charge on any atom is 0.330 e. The van der Waals surface area contributed by atoms with E-state index < -0.39 is 11.8 Å². The summed E-state index contributed by atoms with van der Waals surface area (Å²) in [5, 5.41) is 1.07. The number of hydrogen-bond donors (Lipinski definition) is 0. The fourth-order valence-corrected chi connectivity index (χ4v) is 2.84. The van der Waals surface area contributed by atoms with E-state index in [1.807, 2.05) is 29.9 Å². The molecule has 0 unspecified atom stereocenters. The van der Waals surface area contributed by atoms with Crippen molar-refractivity contribution in [2.24, 2.45) is 7.05 Å². The van der Waals surface area contributed by atoms with Gasteiger partial charge in [-0.3, -0.25) is 0 Å². The first-order valence-corrected chi connectivity index (χ1v) is 8.43. The number of benzene rings is 2. The number of fused-ring (bicyclic) bond motifs is 1. The lowest BCUT2D eigenvalue weighted by Crippen LogP contribution is -1.98. The highest BCUT2D eigenvalue weighted by atomic mass is 35.5. The first-order chi connectivity index (χ1) is 12.5. The number of aryl methyl sites for hydroxylation is 1. The monoisotopic (exact) mass is 373 g/mol. The maximum atomic E-state index is 14.1. The van der Waals surface area contributed by atoms with Gasteiger partial charge in [0.2, 0.25) is 0 Å². The molecular weight excluding hydrogens is 357 g/mol. The molecule has 0 fully saturated rings. The third-order valence-corrected chi connectivity index (χ3v) is 4.04. The second-order valence-electron chi connectivity index (χ2n) is 5.61. The van der Waals surface area contributed by atoms with Crippen molar-refractivity contribution in [3.63, 3.8) is 0 Å². The van der Waals surface area contributed by atoms with Crippen LogP contribution in [-0.2, 0) is 16.6 Å². The molecule has 0 radical (unpaired) electrons. The number of hydrogen-bond acceptors (Lipinski definition) is 3. The first-order valence-electron chi connectivity index (χ1n) is 8.05. The largest absolute Gasteiger partial charge is 0.463 e. The molecule has 2 aromatic carbocycles. The molecule has 0 saturated heterocycles. The Hall–Kier alpha value is -2.79. The van der Waals surface area contributed by atoms with Crippen LogP contribution in [0.1, 0.15) is 12.5 Å². The molecule has 0 aliphatic heterocycles. The van der Waals surface area contributed by atoms with Crippen molar-refractivity contribution in [2.45, 2.75) is 6.92 Å². The minimum atomic E-state index is -0.547. The molecule has 0 aliphatic rings. The lowest BCUT2D eigenvalue weighted by molar-refractivity contribution is -0.137. The van der Waals surface area contributed by atoms with Crippen molar-refractivity contribution in [2.75, 3.05) is 6.61 Å². The van der Waals surface area contributed by atoms with Gasteiger partial charge >= 0.3 is 5.97 Å². The molecule has 0 aliphatic carbocycles. The van der Waals surface area contributed by atoms with Crippen molar-refractivity contribution in [1.82, 2.24) is 4.57 Å². The predicted octanol–water partition coefficient (Wildman–Crippen LogP) is 5.34. The van der Waals surface area contributed by atoms with Gasteiger partial charge in [-0.25, -0.2) is 9.18 Å². The summed E-state index contributed by atoms with van der Waals surface area (Å²) >= 11 is 5.79. The molecule has 0 saturated carbocycles. The lowest BCUT2D eigenvalue weighted by Gasteiger charge is -2.09. The van der Waals surface area contributed by atoms with Gasteiger partial charge in [-0.2, -0.15) is 0 Å². The topological polar surface area (TPSA) is 40.5 Å². The van der Waals surface area contributed by atoms with Crippen LogP contribution in [0.15, 0.2) is 48.7 Å². The summed E-state index contributed by atoms with van der Waals surface area (Å²) < 4.78 is 26.7. The zero-order valence-electron chi connectivity index (χ0n) is 14.3. The van der Waals surface area contributed by atoms with E-state index in [0.717, 1.165) is 16.5 Å². The van der Waals surface area contributed by atoms with Crippen LogP contribution in [0.5, 0.6) is 11.5 Å². The second-order valence-corrected chi connectivity index (χ2v) is 6.04. The Kier molecular flexibility index (Phi) is 5.28. The van der Waals surface area contributed by atoms with Crippen molar-refractivity contribution in [1.29, 1.82) is 0 Å². The van der Waals surface area contributed by atoms with Crippen LogP contribution >= 0.6 is 11.6 Å². The van der Waals surface area contributed by atoms with Gasteiger partial charge in [-0.05, 0) is 43.3 Å². The fourth-order valence-electron chi connectivity index (χ4n) is 2.68. The van der Waals surface area contributed by atoms with Gasteiger partial charge in [0.25, 0.3) is 0 Å². The van der Waals surface area contributed by atoms with Crippen LogP contribution in [0.25, 0.3) is 17.0 Å². The Morgan fingerprint density at radius 2 is 2.08 bits per heavy atom. The number of esters is 1. The van der Waals surface area contributed by atoms with Crippen molar-refractivity contribution in [3.8, 4) is 11.5 Å². The Labute approximate surface area is 155 Å². The summed E-state index contributed by atoms with van der Waals surface area (Å²) in [6.45, 7) is 2.05. The van der Waals surface area contributed by atoms with E-state index in [0.29, 0.717) is 17.4 Å². The summed E-state index contributed by atoms with van der Waals surface area (Å²) in [7, 11) is 1.89. The summed E-state index contributed by atoms with van der Waals surface area (Å²) in [5.74, 6) is -0.417. The van der Waals surface area contributed by atoms with E-state index in [4.69, 9.17) is 21.1 Å². The van der Waals surface area contributed by atoms with E-state index in [-0.39, 0.29) is 5.75 Å². The number of carbonyl (C=O) groups excluding carboxylic acids is 1. The third kappa shape index (κ3) is 3.73. The minimum Gasteiger partial charge on any atom is -0.463 e. The first kappa shape index (κ1) is 18.0. The molecule has 0 amide bonds. The molecule has 1 heterocycles. The molecule has 3 rings (SSSR count). The van der Waals surface area contributed by atoms with Gasteiger partial charge in [0.1, 0.15) is 5.75 Å². The highest BCUT2D eigenvalue weighted by Crippen LogP contribution is 2.35. The Morgan fingerprint density at radius 1 is 1.27 bits per heavy atom. The number of rotatable bonds is 5.